The Bertz CT molecular complexity index is 1010. The fourth-order valence-corrected chi connectivity index (χ4v) is 4.81. The molecule has 0 saturated carbocycles. The van der Waals surface area contributed by atoms with E-state index < -0.39 is 10.0 Å². The standard InChI is InChI=1S/C21H22N2O5S/c24-21(28-15-14-27-17-6-2-1-3-7-17)16-10-12-23(13-11-16)20-18-8-4-5-9-19(18)29(25,26)22-20/h1-9,16H,10-15H2. The smallest absolute Gasteiger partial charge is 0.309 e. The highest BCUT2D eigenvalue weighted by molar-refractivity contribution is 7.90. The van der Waals surface area contributed by atoms with Crippen molar-refractivity contribution in [3.8, 4) is 5.75 Å². The number of ether oxygens (including phenoxy) is 2. The highest BCUT2D eigenvalue weighted by Gasteiger charge is 2.34. The lowest BCUT2D eigenvalue weighted by Gasteiger charge is -2.32. The van der Waals surface area contributed by atoms with Crippen molar-refractivity contribution < 1.29 is 22.7 Å². The summed E-state index contributed by atoms with van der Waals surface area (Å²) in [5.41, 5.74) is 0.631. The fraction of sp³-hybridized carbons (Fsp3) is 0.333. The Morgan fingerprint density at radius 2 is 1.69 bits per heavy atom. The number of rotatable bonds is 5. The van der Waals surface area contributed by atoms with Crippen LogP contribution in [0, 0.1) is 5.92 Å². The lowest BCUT2D eigenvalue weighted by molar-refractivity contribution is -0.150. The van der Waals surface area contributed by atoms with E-state index in [0.717, 1.165) is 5.75 Å². The Kier molecular flexibility index (Phi) is 5.53. The van der Waals surface area contributed by atoms with Crippen molar-refractivity contribution in [3.63, 3.8) is 0 Å². The SMILES string of the molecule is O=C(OCCOc1ccccc1)C1CCN(C2=NS(=O)(=O)c3ccccc32)CC1. The van der Waals surface area contributed by atoms with Crippen LogP contribution in [-0.4, -0.2) is 51.4 Å². The molecule has 0 aliphatic carbocycles. The van der Waals surface area contributed by atoms with Crippen molar-refractivity contribution in [3.05, 3.63) is 60.2 Å². The molecule has 2 aromatic carbocycles. The molecule has 0 atom stereocenters. The summed E-state index contributed by atoms with van der Waals surface area (Å²) in [4.78, 5) is 14.5. The van der Waals surface area contributed by atoms with E-state index in [0.29, 0.717) is 43.9 Å². The molecule has 0 aromatic heterocycles. The summed E-state index contributed by atoms with van der Waals surface area (Å²) in [6, 6.07) is 16.2. The number of amidine groups is 1. The minimum atomic E-state index is -3.63. The van der Waals surface area contributed by atoms with Gasteiger partial charge in [0.2, 0.25) is 0 Å². The second-order valence-electron chi connectivity index (χ2n) is 6.98. The van der Waals surface area contributed by atoms with Crippen molar-refractivity contribution >= 4 is 21.8 Å². The van der Waals surface area contributed by atoms with E-state index in [-0.39, 0.29) is 23.4 Å². The van der Waals surface area contributed by atoms with Gasteiger partial charge in [-0.15, -0.1) is 4.40 Å². The van der Waals surface area contributed by atoms with Crippen molar-refractivity contribution in [1.29, 1.82) is 0 Å². The molecule has 1 saturated heterocycles. The van der Waals surface area contributed by atoms with Crippen LogP contribution < -0.4 is 4.74 Å². The number of piperidine rings is 1. The number of sulfonamides is 1. The van der Waals surface area contributed by atoms with Crippen molar-refractivity contribution in [2.24, 2.45) is 10.3 Å². The lowest BCUT2D eigenvalue weighted by Crippen LogP contribution is -2.40. The highest BCUT2D eigenvalue weighted by atomic mass is 32.2. The van der Waals surface area contributed by atoms with Gasteiger partial charge in [0, 0.05) is 18.7 Å². The highest BCUT2D eigenvalue weighted by Crippen LogP contribution is 2.29. The largest absolute Gasteiger partial charge is 0.490 e. The Morgan fingerprint density at radius 3 is 2.45 bits per heavy atom. The molecule has 0 radical (unpaired) electrons. The van der Waals surface area contributed by atoms with Crippen LogP contribution >= 0.6 is 0 Å². The van der Waals surface area contributed by atoms with Crippen molar-refractivity contribution in [2.75, 3.05) is 26.3 Å². The molecule has 152 valence electrons. The van der Waals surface area contributed by atoms with Gasteiger partial charge < -0.3 is 14.4 Å². The monoisotopic (exact) mass is 414 g/mol. The normalized spacial score (nSPS) is 18.1. The Morgan fingerprint density at radius 1 is 1.00 bits per heavy atom. The van der Waals surface area contributed by atoms with Gasteiger partial charge in [-0.3, -0.25) is 4.79 Å². The molecular weight excluding hydrogens is 392 g/mol. The molecule has 0 unspecified atom stereocenters. The van der Waals surface area contributed by atoms with E-state index in [4.69, 9.17) is 9.47 Å². The predicted octanol–water partition coefficient (Wildman–Crippen LogP) is 2.47. The van der Waals surface area contributed by atoms with Crippen molar-refractivity contribution in [1.82, 2.24) is 4.90 Å². The molecule has 8 heteroatoms. The molecule has 2 aliphatic heterocycles. The zero-order valence-electron chi connectivity index (χ0n) is 15.9. The van der Waals surface area contributed by atoms with Gasteiger partial charge in [0.05, 0.1) is 5.92 Å². The summed E-state index contributed by atoms with van der Waals surface area (Å²) in [6.07, 6.45) is 1.19. The molecule has 2 aromatic rings. The number of carbonyl (C=O) groups is 1. The summed E-state index contributed by atoms with van der Waals surface area (Å²) in [6.45, 7) is 1.62. The van der Waals surface area contributed by atoms with Gasteiger partial charge in [0.15, 0.2) is 5.84 Å². The molecule has 0 amide bonds. The van der Waals surface area contributed by atoms with Crippen LogP contribution in [0.15, 0.2) is 63.9 Å². The summed E-state index contributed by atoms with van der Waals surface area (Å²) in [7, 11) is -3.63. The molecule has 0 spiro atoms. The third kappa shape index (κ3) is 4.27. The number of hydrogen-bond donors (Lipinski definition) is 0. The number of fused-ring (bicyclic) bond motifs is 1. The molecular formula is C21H22N2O5S. The van der Waals surface area contributed by atoms with Gasteiger partial charge in [-0.2, -0.15) is 8.42 Å². The van der Waals surface area contributed by atoms with Gasteiger partial charge in [-0.25, -0.2) is 0 Å². The molecule has 7 nitrogen and oxygen atoms in total. The molecule has 29 heavy (non-hydrogen) atoms. The molecule has 2 heterocycles. The number of carbonyl (C=O) groups excluding carboxylic acids is 1. The molecule has 4 rings (SSSR count). The first kappa shape index (κ1) is 19.4. The maximum atomic E-state index is 12.3. The zero-order chi connectivity index (χ0) is 20.3. The Labute approximate surface area is 170 Å². The second-order valence-corrected chi connectivity index (χ2v) is 8.55. The topological polar surface area (TPSA) is 85.3 Å². The van der Waals surface area contributed by atoms with Gasteiger partial charge in [0.25, 0.3) is 10.0 Å². The minimum Gasteiger partial charge on any atom is -0.490 e. The van der Waals surface area contributed by atoms with Gasteiger partial charge in [-0.05, 0) is 37.1 Å². The van der Waals surface area contributed by atoms with E-state index >= 15 is 0 Å². The van der Waals surface area contributed by atoms with Gasteiger partial charge >= 0.3 is 5.97 Å². The quantitative estimate of drug-likeness (QED) is 0.552. The number of benzene rings is 2. The lowest BCUT2D eigenvalue weighted by atomic mass is 9.96. The van der Waals surface area contributed by atoms with Crippen molar-refractivity contribution in [2.45, 2.75) is 17.7 Å². The molecule has 0 bridgehead atoms. The first-order valence-electron chi connectivity index (χ1n) is 9.58. The minimum absolute atomic E-state index is 0.197. The van der Waals surface area contributed by atoms with Gasteiger partial charge in [0.1, 0.15) is 23.9 Å². The number of esters is 1. The van der Waals surface area contributed by atoms with E-state index in [9.17, 15) is 13.2 Å². The predicted molar refractivity (Wildman–Crippen MR) is 107 cm³/mol. The summed E-state index contributed by atoms with van der Waals surface area (Å²) in [5, 5.41) is 0. The van der Waals surface area contributed by atoms with E-state index in [2.05, 4.69) is 4.40 Å². The second kappa shape index (κ2) is 8.24. The van der Waals surface area contributed by atoms with Gasteiger partial charge in [-0.1, -0.05) is 30.3 Å². The first-order chi connectivity index (χ1) is 14.0. The zero-order valence-corrected chi connectivity index (χ0v) is 16.7. The molecule has 0 N–H and O–H groups in total. The third-order valence-corrected chi connectivity index (χ3v) is 6.41. The van der Waals surface area contributed by atoms with E-state index in [1.807, 2.05) is 35.2 Å². The number of nitrogens with zero attached hydrogens (tertiary/aromatic N) is 2. The molecule has 1 fully saturated rings. The average molecular weight is 414 g/mol. The van der Waals surface area contributed by atoms with Crippen LogP contribution in [0.2, 0.25) is 0 Å². The van der Waals surface area contributed by atoms with E-state index in [1.165, 1.54) is 0 Å². The number of likely N-dealkylation sites (tertiary alicyclic amines) is 1. The number of para-hydroxylation sites is 1. The summed E-state index contributed by atoms with van der Waals surface area (Å²) >= 11 is 0. The maximum Gasteiger partial charge on any atom is 0.309 e. The third-order valence-electron chi connectivity index (χ3n) is 5.08. The maximum absolute atomic E-state index is 12.3. The van der Waals surface area contributed by atoms with Crippen LogP contribution in [-0.2, 0) is 19.6 Å². The molecule has 2 aliphatic rings. The van der Waals surface area contributed by atoms with Crippen LogP contribution in [0.4, 0.5) is 0 Å². The summed E-state index contributed by atoms with van der Waals surface area (Å²) in [5.74, 6) is 0.785. The van der Waals surface area contributed by atoms with Crippen LogP contribution in [0.25, 0.3) is 0 Å². The Balaban J connectivity index is 1.27. The Hall–Kier alpha value is -2.87. The summed E-state index contributed by atoms with van der Waals surface area (Å²) < 4.78 is 39.3. The first-order valence-corrected chi connectivity index (χ1v) is 11.0. The average Bonchev–Trinajstić information content (AvgIpc) is 3.03. The van der Waals surface area contributed by atoms with Crippen LogP contribution in [0.5, 0.6) is 5.75 Å². The van der Waals surface area contributed by atoms with E-state index in [1.54, 1.807) is 24.3 Å². The fourth-order valence-electron chi connectivity index (χ4n) is 3.58. The van der Waals surface area contributed by atoms with Crippen LogP contribution in [0.3, 0.4) is 0 Å². The van der Waals surface area contributed by atoms with Crippen LogP contribution in [0.1, 0.15) is 18.4 Å². The number of hydrogen-bond acceptors (Lipinski definition) is 6.